The number of ether oxygens (including phenoxy) is 1. The molecule has 1 aliphatic rings. The number of carbonyl (C=O) groups excluding carboxylic acids is 1. The fourth-order valence-corrected chi connectivity index (χ4v) is 2.04. The number of halogens is 1. The van der Waals surface area contributed by atoms with Gasteiger partial charge in [0.2, 0.25) is 5.91 Å². The normalized spacial score (nSPS) is 19.6. The first-order valence-corrected chi connectivity index (χ1v) is 6.08. The maximum absolute atomic E-state index is 12.9. The summed E-state index contributed by atoms with van der Waals surface area (Å²) in [5.74, 6) is -0.229. The van der Waals surface area contributed by atoms with E-state index in [-0.39, 0.29) is 17.9 Å². The summed E-state index contributed by atoms with van der Waals surface area (Å²) in [7, 11) is 0. The summed E-state index contributed by atoms with van der Waals surface area (Å²) in [6, 6.07) is 6.19. The summed E-state index contributed by atoms with van der Waals surface area (Å²) in [4.78, 5) is 13.5. The minimum Gasteiger partial charge on any atom is -0.380 e. The van der Waals surface area contributed by atoms with Crippen molar-refractivity contribution < 1.29 is 13.9 Å². The molecule has 1 heterocycles. The van der Waals surface area contributed by atoms with E-state index in [2.05, 4.69) is 5.32 Å². The minimum absolute atomic E-state index is 0.0454. The Morgan fingerprint density at radius 3 is 2.83 bits per heavy atom. The summed E-state index contributed by atoms with van der Waals surface area (Å²) < 4.78 is 18.1. The Bertz CT molecular complexity index is 408. The van der Waals surface area contributed by atoms with Crippen LogP contribution in [0.25, 0.3) is 0 Å². The lowest BCUT2D eigenvalue weighted by Crippen LogP contribution is -2.33. The van der Waals surface area contributed by atoms with Crippen LogP contribution >= 0.6 is 0 Å². The lowest BCUT2D eigenvalue weighted by Gasteiger charge is -2.24. The molecule has 0 aromatic heterocycles. The highest BCUT2D eigenvalue weighted by molar-refractivity contribution is 5.80. The van der Waals surface area contributed by atoms with Crippen LogP contribution in [0.1, 0.15) is 18.7 Å². The zero-order valence-electron chi connectivity index (χ0n) is 10.4. The minimum atomic E-state index is -0.274. The maximum atomic E-state index is 12.9. The Morgan fingerprint density at radius 1 is 1.44 bits per heavy atom. The molecule has 1 saturated heterocycles. The molecule has 1 aliphatic heterocycles. The third-order valence-corrected chi connectivity index (χ3v) is 2.95. The van der Waals surface area contributed by atoms with E-state index < -0.39 is 0 Å². The number of rotatable bonds is 5. The first kappa shape index (κ1) is 13.0. The molecule has 1 atom stereocenters. The first-order chi connectivity index (χ1) is 8.72. The average molecular weight is 252 g/mol. The second-order valence-corrected chi connectivity index (χ2v) is 4.12. The van der Waals surface area contributed by atoms with E-state index in [1.807, 2.05) is 6.92 Å². The van der Waals surface area contributed by atoms with Crippen LogP contribution in [-0.2, 0) is 9.53 Å². The Balaban J connectivity index is 2.06. The molecule has 0 bridgehead atoms. The highest BCUT2D eigenvalue weighted by Gasteiger charge is 2.30. The van der Waals surface area contributed by atoms with E-state index in [1.165, 1.54) is 12.1 Å². The molecule has 1 N–H and O–H groups in total. The van der Waals surface area contributed by atoms with Crippen LogP contribution in [0.4, 0.5) is 4.39 Å². The number of benzene rings is 1. The summed E-state index contributed by atoms with van der Waals surface area (Å²) in [5, 5.41) is 3.12. The third kappa shape index (κ3) is 2.86. The van der Waals surface area contributed by atoms with Crippen molar-refractivity contribution in [2.45, 2.75) is 13.1 Å². The van der Waals surface area contributed by atoms with Gasteiger partial charge in [0.1, 0.15) is 12.0 Å². The lowest BCUT2D eigenvalue weighted by molar-refractivity contribution is -0.128. The SMILES string of the molecule is CCOCCN1C(=O)CNC1c1ccc(F)cc1. The fourth-order valence-electron chi connectivity index (χ4n) is 2.04. The molecule has 98 valence electrons. The Hall–Kier alpha value is -1.46. The molecule has 1 aromatic rings. The molecule has 5 heteroatoms. The molecular weight excluding hydrogens is 235 g/mol. The summed E-state index contributed by atoms with van der Waals surface area (Å²) in [6.07, 6.45) is -0.182. The quantitative estimate of drug-likeness (QED) is 0.803. The molecule has 4 nitrogen and oxygen atoms in total. The predicted octanol–water partition coefficient (Wildman–Crippen LogP) is 1.29. The van der Waals surface area contributed by atoms with E-state index in [1.54, 1.807) is 17.0 Å². The standard InChI is InChI=1S/C13H17FN2O2/c1-2-18-8-7-16-12(17)9-15-13(16)10-3-5-11(14)6-4-10/h3-6,13,15H,2,7-9H2,1H3. The molecule has 1 amide bonds. The van der Waals surface area contributed by atoms with Gasteiger partial charge in [-0.25, -0.2) is 4.39 Å². The zero-order valence-corrected chi connectivity index (χ0v) is 10.4. The van der Waals surface area contributed by atoms with Crippen molar-refractivity contribution in [1.82, 2.24) is 10.2 Å². The molecular formula is C13H17FN2O2. The number of hydrogen-bond acceptors (Lipinski definition) is 3. The van der Waals surface area contributed by atoms with Crippen LogP contribution in [0.15, 0.2) is 24.3 Å². The van der Waals surface area contributed by atoms with E-state index in [9.17, 15) is 9.18 Å². The van der Waals surface area contributed by atoms with Gasteiger partial charge in [-0.1, -0.05) is 12.1 Å². The van der Waals surface area contributed by atoms with Crippen LogP contribution in [0.2, 0.25) is 0 Å². The largest absolute Gasteiger partial charge is 0.380 e. The van der Waals surface area contributed by atoms with Gasteiger partial charge in [0.15, 0.2) is 0 Å². The topological polar surface area (TPSA) is 41.6 Å². The molecule has 0 spiro atoms. The molecule has 1 unspecified atom stereocenters. The number of nitrogens with one attached hydrogen (secondary N) is 1. The van der Waals surface area contributed by atoms with Crippen molar-refractivity contribution in [3.05, 3.63) is 35.6 Å². The average Bonchev–Trinajstić information content (AvgIpc) is 2.73. The molecule has 1 fully saturated rings. The number of amides is 1. The fraction of sp³-hybridized carbons (Fsp3) is 0.462. The van der Waals surface area contributed by atoms with E-state index in [4.69, 9.17) is 4.74 Å². The summed E-state index contributed by atoms with van der Waals surface area (Å²) in [6.45, 7) is 3.93. The van der Waals surface area contributed by atoms with E-state index >= 15 is 0 Å². The number of carbonyl (C=O) groups is 1. The Labute approximate surface area is 106 Å². The van der Waals surface area contributed by atoms with Gasteiger partial charge in [0, 0.05) is 13.2 Å². The monoisotopic (exact) mass is 252 g/mol. The van der Waals surface area contributed by atoms with Crippen molar-refractivity contribution in [1.29, 1.82) is 0 Å². The second-order valence-electron chi connectivity index (χ2n) is 4.12. The first-order valence-electron chi connectivity index (χ1n) is 6.08. The number of nitrogens with zero attached hydrogens (tertiary/aromatic N) is 1. The van der Waals surface area contributed by atoms with Gasteiger partial charge in [-0.05, 0) is 24.6 Å². The van der Waals surface area contributed by atoms with E-state index in [0.717, 1.165) is 5.56 Å². The molecule has 2 rings (SSSR count). The van der Waals surface area contributed by atoms with Crippen LogP contribution < -0.4 is 5.32 Å². The molecule has 0 saturated carbocycles. The summed E-state index contributed by atoms with van der Waals surface area (Å²) >= 11 is 0. The van der Waals surface area contributed by atoms with Gasteiger partial charge in [-0.15, -0.1) is 0 Å². The maximum Gasteiger partial charge on any atom is 0.238 e. The van der Waals surface area contributed by atoms with Crippen LogP contribution in [0.3, 0.4) is 0 Å². The van der Waals surface area contributed by atoms with Crippen LogP contribution in [0, 0.1) is 5.82 Å². The molecule has 1 aromatic carbocycles. The van der Waals surface area contributed by atoms with Crippen molar-refractivity contribution in [3.63, 3.8) is 0 Å². The van der Waals surface area contributed by atoms with Crippen LogP contribution in [0.5, 0.6) is 0 Å². The van der Waals surface area contributed by atoms with Gasteiger partial charge in [0.25, 0.3) is 0 Å². The van der Waals surface area contributed by atoms with Gasteiger partial charge >= 0.3 is 0 Å². The highest BCUT2D eigenvalue weighted by atomic mass is 19.1. The van der Waals surface area contributed by atoms with Gasteiger partial charge in [-0.3, -0.25) is 10.1 Å². The van der Waals surface area contributed by atoms with Crippen molar-refractivity contribution in [2.24, 2.45) is 0 Å². The highest BCUT2D eigenvalue weighted by Crippen LogP contribution is 2.22. The molecule has 0 aliphatic carbocycles. The third-order valence-electron chi connectivity index (χ3n) is 2.95. The van der Waals surface area contributed by atoms with Crippen molar-refractivity contribution >= 4 is 5.91 Å². The molecule has 0 radical (unpaired) electrons. The smallest absolute Gasteiger partial charge is 0.238 e. The predicted molar refractivity (Wildman–Crippen MR) is 65.3 cm³/mol. The molecule has 18 heavy (non-hydrogen) atoms. The van der Waals surface area contributed by atoms with Crippen LogP contribution in [-0.4, -0.2) is 37.1 Å². The van der Waals surface area contributed by atoms with Gasteiger partial charge in [-0.2, -0.15) is 0 Å². The van der Waals surface area contributed by atoms with Gasteiger partial charge in [0.05, 0.1) is 13.2 Å². The zero-order chi connectivity index (χ0) is 13.0. The second kappa shape index (κ2) is 5.93. The van der Waals surface area contributed by atoms with E-state index in [0.29, 0.717) is 26.3 Å². The summed E-state index contributed by atoms with van der Waals surface area (Å²) in [5.41, 5.74) is 0.888. The van der Waals surface area contributed by atoms with Gasteiger partial charge < -0.3 is 9.64 Å². The van der Waals surface area contributed by atoms with Crippen molar-refractivity contribution in [3.8, 4) is 0 Å². The Kier molecular flexibility index (Phi) is 4.28. The Morgan fingerprint density at radius 2 is 2.17 bits per heavy atom. The lowest BCUT2D eigenvalue weighted by atomic mass is 10.1. The number of hydrogen-bond donors (Lipinski definition) is 1. The van der Waals surface area contributed by atoms with Crippen molar-refractivity contribution in [2.75, 3.05) is 26.3 Å².